The Balaban J connectivity index is 1.63. The Morgan fingerprint density at radius 1 is 0.839 bits per heavy atom. The molecule has 4 aromatic rings. The van der Waals surface area contributed by atoms with Crippen LogP contribution in [0, 0.1) is 20.7 Å². The van der Waals surface area contributed by atoms with E-state index in [-0.39, 0.29) is 5.41 Å². The molecular formula is C29H29N2+. The fourth-order valence-corrected chi connectivity index (χ4v) is 4.98. The number of aryl methyl sites for hydroxylation is 4. The molecule has 0 atom stereocenters. The zero-order valence-corrected chi connectivity index (χ0v) is 18.7. The van der Waals surface area contributed by atoms with Crippen molar-refractivity contribution in [2.75, 3.05) is 0 Å². The molecule has 0 spiro atoms. The molecular weight excluding hydrogens is 376 g/mol. The molecule has 154 valence electrons. The zero-order valence-electron chi connectivity index (χ0n) is 21.7. The van der Waals surface area contributed by atoms with Crippen LogP contribution in [0.5, 0.6) is 0 Å². The lowest BCUT2D eigenvalue weighted by Gasteiger charge is -2.24. The topological polar surface area (TPSA) is 16.8 Å². The molecule has 2 heterocycles. The number of hydrogen-bond donors (Lipinski definition) is 0. The summed E-state index contributed by atoms with van der Waals surface area (Å²) in [7, 11) is 2.08. The number of pyridine rings is 2. The average molecular weight is 409 g/mol. The summed E-state index contributed by atoms with van der Waals surface area (Å²) in [5.74, 6) is 0. The van der Waals surface area contributed by atoms with Crippen molar-refractivity contribution >= 4 is 0 Å². The highest BCUT2D eigenvalue weighted by molar-refractivity contribution is 5.87. The van der Waals surface area contributed by atoms with Gasteiger partial charge in [-0.25, -0.2) is 4.57 Å². The van der Waals surface area contributed by atoms with E-state index in [1.165, 1.54) is 27.8 Å². The molecule has 0 radical (unpaired) electrons. The molecule has 0 aliphatic heterocycles. The molecule has 0 bridgehead atoms. The van der Waals surface area contributed by atoms with Crippen LogP contribution >= 0.6 is 0 Å². The third kappa shape index (κ3) is 3.01. The van der Waals surface area contributed by atoms with Gasteiger partial charge in [-0.15, -0.1) is 0 Å². The summed E-state index contributed by atoms with van der Waals surface area (Å²) in [6.07, 6.45) is 2.12. The van der Waals surface area contributed by atoms with Crippen LogP contribution in [0.1, 0.15) is 46.0 Å². The quantitative estimate of drug-likeness (QED) is 0.347. The van der Waals surface area contributed by atoms with Gasteiger partial charge in [-0.1, -0.05) is 61.9 Å². The van der Waals surface area contributed by atoms with E-state index in [4.69, 9.17) is 9.10 Å². The van der Waals surface area contributed by atoms with Crippen LogP contribution in [-0.2, 0) is 12.5 Å². The van der Waals surface area contributed by atoms with Crippen molar-refractivity contribution < 1.29 is 8.68 Å². The van der Waals surface area contributed by atoms with Crippen molar-refractivity contribution in [3.63, 3.8) is 0 Å². The molecule has 0 fully saturated rings. The third-order valence-corrected chi connectivity index (χ3v) is 6.56. The van der Waals surface area contributed by atoms with Crippen LogP contribution < -0.4 is 4.57 Å². The summed E-state index contributed by atoms with van der Waals surface area (Å²) in [5, 5.41) is 0. The SMILES string of the molecule is [2H]C([2H])([2H])c1ccc(-c2ccc(-c3c(C)ccc4c3C(C)(C)c3nc(C)ccc3-4)[n+](C)c2)cc1. The normalized spacial score (nSPS) is 15.6. The van der Waals surface area contributed by atoms with Gasteiger partial charge < -0.3 is 0 Å². The highest BCUT2D eigenvalue weighted by Crippen LogP contribution is 2.51. The summed E-state index contributed by atoms with van der Waals surface area (Å²) < 4.78 is 25.0. The van der Waals surface area contributed by atoms with Crippen molar-refractivity contribution in [1.29, 1.82) is 0 Å². The minimum atomic E-state index is -2.09. The van der Waals surface area contributed by atoms with Gasteiger partial charge in [0.2, 0.25) is 5.69 Å². The Hall–Kier alpha value is -3.26. The second kappa shape index (κ2) is 6.88. The Labute approximate surface area is 189 Å². The molecule has 0 unspecified atom stereocenters. The first-order chi connectivity index (χ1) is 16.0. The second-order valence-corrected chi connectivity index (χ2v) is 9.15. The van der Waals surface area contributed by atoms with E-state index in [1.54, 1.807) is 12.1 Å². The lowest BCUT2D eigenvalue weighted by atomic mass is 9.80. The molecule has 0 amide bonds. The van der Waals surface area contributed by atoms with Crippen LogP contribution in [0.3, 0.4) is 0 Å². The van der Waals surface area contributed by atoms with Gasteiger partial charge in [-0.05, 0) is 55.1 Å². The largest absolute Gasteiger partial charge is 0.257 e. The van der Waals surface area contributed by atoms with Gasteiger partial charge >= 0.3 is 0 Å². The Kier molecular flexibility index (Phi) is 3.65. The zero-order chi connectivity index (χ0) is 24.4. The summed E-state index contributed by atoms with van der Waals surface area (Å²) in [6.45, 7) is 6.68. The molecule has 2 nitrogen and oxygen atoms in total. The average Bonchev–Trinajstić information content (AvgIpc) is 3.00. The molecule has 2 aromatic carbocycles. The molecule has 0 N–H and O–H groups in total. The Bertz CT molecular complexity index is 1430. The molecule has 5 rings (SSSR count). The van der Waals surface area contributed by atoms with Gasteiger partial charge in [0, 0.05) is 32.4 Å². The summed E-state index contributed by atoms with van der Waals surface area (Å²) in [6, 6.07) is 20.2. The smallest absolute Gasteiger partial charge is 0.212 e. The monoisotopic (exact) mass is 408 g/mol. The number of fused-ring (bicyclic) bond motifs is 3. The Morgan fingerprint density at radius 2 is 1.55 bits per heavy atom. The van der Waals surface area contributed by atoms with Crippen molar-refractivity contribution in [2.45, 2.75) is 40.0 Å². The van der Waals surface area contributed by atoms with Gasteiger partial charge in [0.1, 0.15) is 7.05 Å². The van der Waals surface area contributed by atoms with Crippen molar-refractivity contribution in [3.05, 3.63) is 94.9 Å². The fraction of sp³-hybridized carbons (Fsp3) is 0.241. The van der Waals surface area contributed by atoms with Gasteiger partial charge in [0.05, 0.1) is 11.3 Å². The molecule has 1 aliphatic carbocycles. The maximum Gasteiger partial charge on any atom is 0.212 e. The van der Waals surface area contributed by atoms with E-state index >= 15 is 0 Å². The lowest BCUT2D eigenvalue weighted by molar-refractivity contribution is -0.659. The van der Waals surface area contributed by atoms with E-state index in [2.05, 4.69) is 81.9 Å². The van der Waals surface area contributed by atoms with E-state index in [1.807, 2.05) is 12.1 Å². The first-order valence-electron chi connectivity index (χ1n) is 12.2. The predicted octanol–water partition coefficient (Wildman–Crippen LogP) is 6.47. The van der Waals surface area contributed by atoms with E-state index in [0.29, 0.717) is 5.56 Å². The van der Waals surface area contributed by atoms with Gasteiger partial charge in [0.25, 0.3) is 0 Å². The first kappa shape index (κ1) is 16.4. The second-order valence-electron chi connectivity index (χ2n) is 9.15. The number of nitrogens with zero attached hydrogens (tertiary/aromatic N) is 2. The predicted molar refractivity (Wildman–Crippen MR) is 128 cm³/mol. The summed E-state index contributed by atoms with van der Waals surface area (Å²) in [4.78, 5) is 4.94. The van der Waals surface area contributed by atoms with E-state index in [9.17, 15) is 0 Å². The van der Waals surface area contributed by atoms with E-state index < -0.39 is 6.85 Å². The molecule has 0 saturated heterocycles. The number of hydrogen-bond acceptors (Lipinski definition) is 1. The molecule has 31 heavy (non-hydrogen) atoms. The van der Waals surface area contributed by atoms with Crippen LogP contribution in [0.25, 0.3) is 33.5 Å². The maximum absolute atomic E-state index is 7.60. The highest BCUT2D eigenvalue weighted by Gasteiger charge is 2.41. The highest BCUT2D eigenvalue weighted by atomic mass is 14.9. The third-order valence-electron chi connectivity index (χ3n) is 6.56. The van der Waals surface area contributed by atoms with Crippen molar-refractivity contribution in [2.24, 2.45) is 7.05 Å². The number of rotatable bonds is 2. The van der Waals surface area contributed by atoms with Crippen molar-refractivity contribution in [1.82, 2.24) is 4.98 Å². The van der Waals surface area contributed by atoms with Crippen LogP contribution in [0.15, 0.2) is 66.9 Å². The van der Waals surface area contributed by atoms with Crippen LogP contribution in [-0.4, -0.2) is 4.98 Å². The standard InChI is InChI=1S/C29H29N2/c1-18-7-11-21(12-8-18)22-13-16-25(31(6)17-22)26-19(2)9-14-23-24-15-10-20(3)30-28(24)29(4,5)27(23)26/h7-17H,1-6H3/q+1/i1D3. The van der Waals surface area contributed by atoms with Crippen molar-refractivity contribution in [3.8, 4) is 33.5 Å². The number of aromatic nitrogens is 2. The minimum Gasteiger partial charge on any atom is -0.257 e. The minimum absolute atomic E-state index is 0.200. The van der Waals surface area contributed by atoms with Gasteiger partial charge in [0.15, 0.2) is 6.20 Å². The molecule has 2 heteroatoms. The first-order valence-corrected chi connectivity index (χ1v) is 10.7. The molecule has 0 saturated carbocycles. The lowest BCUT2D eigenvalue weighted by Crippen LogP contribution is -2.32. The van der Waals surface area contributed by atoms with Crippen LogP contribution in [0.2, 0.25) is 0 Å². The molecule has 1 aliphatic rings. The Morgan fingerprint density at radius 3 is 2.26 bits per heavy atom. The summed E-state index contributed by atoms with van der Waals surface area (Å²) in [5.41, 5.74) is 11.8. The van der Waals surface area contributed by atoms with Crippen LogP contribution in [0.4, 0.5) is 0 Å². The maximum atomic E-state index is 7.60. The van der Waals surface area contributed by atoms with E-state index in [0.717, 1.165) is 28.2 Å². The van der Waals surface area contributed by atoms with Gasteiger partial charge in [-0.2, -0.15) is 0 Å². The van der Waals surface area contributed by atoms with Gasteiger partial charge in [-0.3, -0.25) is 4.98 Å². The summed E-state index contributed by atoms with van der Waals surface area (Å²) >= 11 is 0. The number of benzene rings is 2. The fourth-order valence-electron chi connectivity index (χ4n) is 4.98. The molecule has 2 aromatic heterocycles.